The zero-order chi connectivity index (χ0) is 19.7. The predicted molar refractivity (Wildman–Crippen MR) is 108 cm³/mol. The van der Waals surface area contributed by atoms with Crippen LogP contribution in [-0.2, 0) is 9.53 Å². The van der Waals surface area contributed by atoms with Gasteiger partial charge in [0.05, 0.1) is 12.2 Å². The Morgan fingerprint density at radius 2 is 1.67 bits per heavy atom. The van der Waals surface area contributed by atoms with E-state index in [0.717, 1.165) is 22.3 Å². The molecule has 1 aliphatic carbocycles. The Labute approximate surface area is 161 Å². The van der Waals surface area contributed by atoms with Gasteiger partial charge in [0.15, 0.2) is 0 Å². The molecule has 2 aromatic carbocycles. The third-order valence-corrected chi connectivity index (χ3v) is 5.28. The molecule has 2 unspecified atom stereocenters. The quantitative estimate of drug-likeness (QED) is 0.738. The van der Waals surface area contributed by atoms with Crippen molar-refractivity contribution in [3.05, 3.63) is 93.8 Å². The predicted octanol–water partition coefficient (Wildman–Crippen LogP) is 5.42. The number of carbonyl (C=O) groups excluding carboxylic acids is 1. The van der Waals surface area contributed by atoms with E-state index in [9.17, 15) is 9.90 Å². The third kappa shape index (κ3) is 3.30. The Morgan fingerprint density at radius 1 is 1.07 bits per heavy atom. The first kappa shape index (κ1) is 19.0. The second kappa shape index (κ2) is 7.43. The van der Waals surface area contributed by atoms with Crippen LogP contribution in [0.2, 0.25) is 0 Å². The summed E-state index contributed by atoms with van der Waals surface area (Å²) in [6, 6.07) is 14.2. The van der Waals surface area contributed by atoms with Crippen LogP contribution in [0.1, 0.15) is 46.6 Å². The third-order valence-electron chi connectivity index (χ3n) is 5.28. The average molecular weight is 362 g/mol. The fourth-order valence-electron chi connectivity index (χ4n) is 4.31. The molecule has 0 radical (unpaired) electrons. The molecule has 0 saturated carbocycles. The average Bonchev–Trinajstić information content (AvgIpc) is 2.86. The van der Waals surface area contributed by atoms with Crippen molar-refractivity contribution in [3.8, 4) is 0 Å². The number of allylic oxidation sites excluding steroid dienone is 1. The van der Waals surface area contributed by atoms with Crippen LogP contribution in [0.15, 0.2) is 65.9 Å². The van der Waals surface area contributed by atoms with E-state index >= 15 is 0 Å². The first-order chi connectivity index (χ1) is 12.9. The molecule has 0 bridgehead atoms. The zero-order valence-corrected chi connectivity index (χ0v) is 16.4. The minimum atomic E-state index is -0.473. The molecule has 1 aliphatic rings. The van der Waals surface area contributed by atoms with Gasteiger partial charge in [-0.15, -0.1) is 0 Å². The highest BCUT2D eigenvalue weighted by molar-refractivity contribution is 5.94. The number of esters is 1. The summed E-state index contributed by atoms with van der Waals surface area (Å²) in [6.07, 6.45) is 0. The Kier molecular flexibility index (Phi) is 5.22. The first-order valence-corrected chi connectivity index (χ1v) is 9.28. The van der Waals surface area contributed by atoms with E-state index in [2.05, 4.69) is 39.5 Å². The molecule has 0 saturated heterocycles. The minimum absolute atomic E-state index is 0.0355. The van der Waals surface area contributed by atoms with Gasteiger partial charge in [-0.25, -0.2) is 4.79 Å². The monoisotopic (exact) mass is 362 g/mol. The fourth-order valence-corrected chi connectivity index (χ4v) is 4.31. The SMILES string of the molecule is C=C1C(O)=C(C(=O)OCC)C(c2c(C)cc(C)cc2C)C1c1ccccc1. The van der Waals surface area contributed by atoms with Crippen LogP contribution < -0.4 is 0 Å². The van der Waals surface area contributed by atoms with Gasteiger partial charge >= 0.3 is 5.97 Å². The molecule has 3 heteroatoms. The summed E-state index contributed by atoms with van der Waals surface area (Å²) in [5, 5.41) is 10.8. The summed E-state index contributed by atoms with van der Waals surface area (Å²) < 4.78 is 5.29. The van der Waals surface area contributed by atoms with Gasteiger partial charge in [0, 0.05) is 11.8 Å². The molecule has 2 aromatic rings. The lowest BCUT2D eigenvalue weighted by Crippen LogP contribution is -2.18. The summed E-state index contributed by atoms with van der Waals surface area (Å²) in [5.74, 6) is -1.03. The number of aliphatic hydroxyl groups is 1. The molecule has 3 rings (SSSR count). The maximum atomic E-state index is 12.8. The van der Waals surface area contributed by atoms with Gasteiger partial charge in [-0.1, -0.05) is 54.6 Å². The fraction of sp³-hybridized carbons (Fsp3) is 0.292. The molecule has 0 fully saturated rings. The molecule has 3 nitrogen and oxygen atoms in total. The van der Waals surface area contributed by atoms with Gasteiger partial charge in [-0.3, -0.25) is 0 Å². The lowest BCUT2D eigenvalue weighted by Gasteiger charge is -2.26. The molecule has 140 valence electrons. The molecule has 2 atom stereocenters. The summed E-state index contributed by atoms with van der Waals surface area (Å²) in [5.41, 5.74) is 6.33. The summed E-state index contributed by atoms with van der Waals surface area (Å²) in [7, 11) is 0. The molecular weight excluding hydrogens is 336 g/mol. The van der Waals surface area contributed by atoms with Gasteiger partial charge in [-0.05, 0) is 55.5 Å². The van der Waals surface area contributed by atoms with Crippen molar-refractivity contribution in [1.29, 1.82) is 0 Å². The largest absolute Gasteiger partial charge is 0.507 e. The molecule has 27 heavy (non-hydrogen) atoms. The second-order valence-corrected chi connectivity index (χ2v) is 7.19. The van der Waals surface area contributed by atoms with Crippen LogP contribution in [0.25, 0.3) is 0 Å². The molecule has 0 heterocycles. The summed E-state index contributed by atoms with van der Waals surface area (Å²) in [6.45, 7) is 12.3. The Balaban J connectivity index is 2.25. The number of aliphatic hydroxyl groups excluding tert-OH is 1. The van der Waals surface area contributed by atoms with Crippen LogP contribution in [0.3, 0.4) is 0 Å². The van der Waals surface area contributed by atoms with Gasteiger partial charge in [-0.2, -0.15) is 0 Å². The lowest BCUT2D eigenvalue weighted by atomic mass is 9.76. The number of benzene rings is 2. The number of aryl methyl sites for hydroxylation is 3. The maximum Gasteiger partial charge on any atom is 0.338 e. The first-order valence-electron chi connectivity index (χ1n) is 9.28. The smallest absolute Gasteiger partial charge is 0.338 e. The van der Waals surface area contributed by atoms with Crippen molar-refractivity contribution < 1.29 is 14.6 Å². The Bertz CT molecular complexity index is 899. The maximum absolute atomic E-state index is 12.8. The van der Waals surface area contributed by atoms with Crippen molar-refractivity contribution >= 4 is 5.97 Å². The van der Waals surface area contributed by atoms with Crippen molar-refractivity contribution in [2.75, 3.05) is 6.61 Å². The van der Waals surface area contributed by atoms with E-state index in [-0.39, 0.29) is 24.2 Å². The highest BCUT2D eigenvalue weighted by atomic mass is 16.5. The van der Waals surface area contributed by atoms with Gasteiger partial charge in [0.2, 0.25) is 0 Å². The summed E-state index contributed by atoms with van der Waals surface area (Å²) in [4.78, 5) is 12.8. The molecule has 0 aromatic heterocycles. The molecule has 0 aliphatic heterocycles. The minimum Gasteiger partial charge on any atom is -0.507 e. The Hall–Kier alpha value is -2.81. The molecule has 0 spiro atoms. The molecule has 1 N–H and O–H groups in total. The van der Waals surface area contributed by atoms with Crippen LogP contribution in [0.4, 0.5) is 0 Å². The van der Waals surface area contributed by atoms with Gasteiger partial charge < -0.3 is 9.84 Å². The van der Waals surface area contributed by atoms with E-state index in [1.807, 2.05) is 30.3 Å². The van der Waals surface area contributed by atoms with Crippen LogP contribution in [0.5, 0.6) is 0 Å². The lowest BCUT2D eigenvalue weighted by molar-refractivity contribution is -0.139. The van der Waals surface area contributed by atoms with E-state index in [0.29, 0.717) is 11.1 Å². The second-order valence-electron chi connectivity index (χ2n) is 7.19. The van der Waals surface area contributed by atoms with Crippen molar-refractivity contribution in [3.63, 3.8) is 0 Å². The van der Waals surface area contributed by atoms with E-state index in [4.69, 9.17) is 4.74 Å². The van der Waals surface area contributed by atoms with Gasteiger partial charge in [0.25, 0.3) is 0 Å². The van der Waals surface area contributed by atoms with Crippen LogP contribution >= 0.6 is 0 Å². The van der Waals surface area contributed by atoms with Crippen molar-refractivity contribution in [2.45, 2.75) is 39.5 Å². The number of rotatable bonds is 4. The van der Waals surface area contributed by atoms with E-state index < -0.39 is 5.97 Å². The number of ether oxygens (including phenoxy) is 1. The summed E-state index contributed by atoms with van der Waals surface area (Å²) >= 11 is 0. The number of hydrogen-bond acceptors (Lipinski definition) is 3. The van der Waals surface area contributed by atoms with E-state index in [1.165, 1.54) is 5.56 Å². The topological polar surface area (TPSA) is 46.5 Å². The standard InChI is InChI=1S/C24H26O3/c1-6-27-24(26)22-21(19-15(3)12-14(2)13-16(19)4)20(17(5)23(22)25)18-10-8-7-9-11-18/h7-13,20-21,25H,5-6H2,1-4H3. The van der Waals surface area contributed by atoms with Crippen molar-refractivity contribution in [2.24, 2.45) is 0 Å². The van der Waals surface area contributed by atoms with Crippen LogP contribution in [-0.4, -0.2) is 17.7 Å². The number of hydrogen-bond donors (Lipinski definition) is 1. The van der Waals surface area contributed by atoms with Crippen molar-refractivity contribution in [1.82, 2.24) is 0 Å². The highest BCUT2D eigenvalue weighted by Crippen LogP contribution is 2.53. The van der Waals surface area contributed by atoms with E-state index in [1.54, 1.807) is 6.92 Å². The highest BCUT2D eigenvalue weighted by Gasteiger charge is 2.44. The van der Waals surface area contributed by atoms with Crippen LogP contribution in [0, 0.1) is 20.8 Å². The molecule has 0 amide bonds. The number of carbonyl (C=O) groups is 1. The zero-order valence-electron chi connectivity index (χ0n) is 16.4. The molecular formula is C24H26O3. The Morgan fingerprint density at radius 3 is 2.22 bits per heavy atom. The van der Waals surface area contributed by atoms with Gasteiger partial charge in [0.1, 0.15) is 5.76 Å². The normalized spacial score (nSPS) is 19.5.